The van der Waals surface area contributed by atoms with Crippen molar-refractivity contribution in [2.45, 2.75) is 32.4 Å². The molecule has 38 heavy (non-hydrogen) atoms. The highest BCUT2D eigenvalue weighted by molar-refractivity contribution is 8.00. The fourth-order valence-electron chi connectivity index (χ4n) is 4.89. The predicted molar refractivity (Wildman–Crippen MR) is 155 cm³/mol. The average molecular weight is 525 g/mol. The van der Waals surface area contributed by atoms with Crippen LogP contribution in [0.4, 0.5) is 5.82 Å². The predicted octanol–water partition coefficient (Wildman–Crippen LogP) is 5.85. The molecule has 194 valence electrons. The molecule has 5 rings (SSSR count). The largest absolute Gasteiger partial charge is 0.355 e. The molecule has 2 amide bonds. The molecule has 0 bridgehead atoms. The number of benzene rings is 3. The van der Waals surface area contributed by atoms with Gasteiger partial charge in [-0.2, -0.15) is 5.10 Å². The van der Waals surface area contributed by atoms with Crippen LogP contribution in [0.3, 0.4) is 0 Å². The molecule has 1 atom stereocenters. The van der Waals surface area contributed by atoms with E-state index in [1.807, 2.05) is 73.1 Å². The van der Waals surface area contributed by atoms with E-state index in [9.17, 15) is 9.59 Å². The first-order chi connectivity index (χ1) is 18.5. The van der Waals surface area contributed by atoms with Crippen molar-refractivity contribution < 1.29 is 9.59 Å². The summed E-state index contributed by atoms with van der Waals surface area (Å²) < 4.78 is 1.87. The number of carbonyl (C=O) groups is 2. The molecule has 3 aromatic carbocycles. The number of aryl methyl sites for hydroxylation is 2. The molecule has 1 aliphatic heterocycles. The molecule has 6 nitrogen and oxygen atoms in total. The normalized spacial score (nSPS) is 15.2. The Morgan fingerprint density at radius 2 is 1.66 bits per heavy atom. The molecule has 1 aromatic heterocycles. The molecule has 0 aliphatic carbocycles. The topological polar surface area (TPSA) is 67.2 Å². The summed E-state index contributed by atoms with van der Waals surface area (Å²) in [4.78, 5) is 28.4. The Morgan fingerprint density at radius 3 is 2.37 bits per heavy atom. The van der Waals surface area contributed by atoms with Crippen LogP contribution in [0.15, 0.2) is 78.9 Å². The van der Waals surface area contributed by atoms with Gasteiger partial charge in [-0.3, -0.25) is 14.5 Å². The molecule has 4 aromatic rings. The highest BCUT2D eigenvalue weighted by Crippen LogP contribution is 2.49. The summed E-state index contributed by atoms with van der Waals surface area (Å²) in [6, 6.07) is 26.4. The second-order valence-corrected chi connectivity index (χ2v) is 10.6. The number of hydrogen-bond acceptors (Lipinski definition) is 4. The van der Waals surface area contributed by atoms with Crippen LogP contribution in [0, 0.1) is 13.8 Å². The summed E-state index contributed by atoms with van der Waals surface area (Å²) >= 11 is 1.60. The number of carbonyl (C=O) groups excluding carboxylic acids is 2. The van der Waals surface area contributed by atoms with Gasteiger partial charge in [0, 0.05) is 17.7 Å². The minimum absolute atomic E-state index is 0.0569. The summed E-state index contributed by atoms with van der Waals surface area (Å²) in [6.45, 7) is 6.67. The second-order valence-electron chi connectivity index (χ2n) is 9.53. The molecule has 7 heteroatoms. The minimum atomic E-state index is -0.177. The van der Waals surface area contributed by atoms with E-state index in [4.69, 9.17) is 5.10 Å². The van der Waals surface area contributed by atoms with Crippen LogP contribution >= 0.6 is 11.8 Å². The Labute approximate surface area is 228 Å². The van der Waals surface area contributed by atoms with Gasteiger partial charge in [-0.25, -0.2) is 4.68 Å². The molecule has 0 saturated heterocycles. The minimum Gasteiger partial charge on any atom is -0.355 e. The maximum absolute atomic E-state index is 13.7. The number of fused-ring (bicyclic) bond motifs is 1. The van der Waals surface area contributed by atoms with Crippen molar-refractivity contribution in [3.63, 3.8) is 0 Å². The number of nitrogens with one attached hydrogen (secondary N) is 1. The smallest absolute Gasteiger partial charge is 0.240 e. The highest BCUT2D eigenvalue weighted by atomic mass is 32.2. The maximum Gasteiger partial charge on any atom is 0.240 e. The molecular weight excluding hydrogens is 492 g/mol. The van der Waals surface area contributed by atoms with Gasteiger partial charge >= 0.3 is 0 Å². The molecule has 0 saturated carbocycles. The SMILES string of the molecule is CCCNC(=O)CN1C(=O)CS[C@H](c2ccccc2C)c2c(-c3ccccc3)nn(-c3ccccc3C)c21. The van der Waals surface area contributed by atoms with E-state index in [1.54, 1.807) is 16.7 Å². The van der Waals surface area contributed by atoms with Crippen LogP contribution in [0.25, 0.3) is 16.9 Å². The van der Waals surface area contributed by atoms with Gasteiger partial charge < -0.3 is 5.32 Å². The average Bonchev–Trinajstić information content (AvgIpc) is 3.25. The molecule has 0 fully saturated rings. The number of amides is 2. The summed E-state index contributed by atoms with van der Waals surface area (Å²) in [5.74, 6) is 0.641. The third-order valence-electron chi connectivity index (χ3n) is 6.82. The summed E-state index contributed by atoms with van der Waals surface area (Å²) in [5, 5.41) is 7.98. The van der Waals surface area contributed by atoms with Crippen LogP contribution in [0.5, 0.6) is 0 Å². The van der Waals surface area contributed by atoms with Crippen molar-refractivity contribution in [1.82, 2.24) is 15.1 Å². The van der Waals surface area contributed by atoms with Gasteiger partial charge in [-0.15, -0.1) is 11.8 Å². The second kappa shape index (κ2) is 11.3. The Balaban J connectivity index is 1.81. The third kappa shape index (κ3) is 4.98. The standard InChI is InChI=1S/C31H32N4O2S/c1-4-18-32-26(36)19-34-27(37)20-38-30(24-16-10-8-12-21(24)2)28-29(23-14-6-5-7-15-23)33-35(31(28)34)25-17-11-9-13-22(25)3/h5-17,30H,4,18-20H2,1-3H3,(H,32,36)/t30-/m1/s1. The van der Waals surface area contributed by atoms with E-state index in [2.05, 4.69) is 36.5 Å². The lowest BCUT2D eigenvalue weighted by Gasteiger charge is -2.24. The Kier molecular flexibility index (Phi) is 7.65. The van der Waals surface area contributed by atoms with Crippen molar-refractivity contribution >= 4 is 29.4 Å². The van der Waals surface area contributed by atoms with Crippen LogP contribution in [-0.4, -0.2) is 40.4 Å². The third-order valence-corrected chi connectivity index (χ3v) is 8.06. The molecule has 0 spiro atoms. The molecular formula is C31H32N4O2S. The first kappa shape index (κ1) is 25.8. The van der Waals surface area contributed by atoms with Crippen molar-refractivity contribution in [3.05, 3.63) is 101 Å². The summed E-state index contributed by atoms with van der Waals surface area (Å²) in [5.41, 5.74) is 6.95. The van der Waals surface area contributed by atoms with Crippen molar-refractivity contribution in [3.8, 4) is 16.9 Å². The number of hydrogen-bond donors (Lipinski definition) is 1. The van der Waals surface area contributed by atoms with Gasteiger partial charge in [-0.05, 0) is 43.0 Å². The Morgan fingerprint density at radius 1 is 0.974 bits per heavy atom. The van der Waals surface area contributed by atoms with Gasteiger partial charge in [0.1, 0.15) is 12.4 Å². The van der Waals surface area contributed by atoms with Gasteiger partial charge in [0.25, 0.3) is 0 Å². The number of para-hydroxylation sites is 1. The summed E-state index contributed by atoms with van der Waals surface area (Å²) in [6.07, 6.45) is 0.829. The number of nitrogens with zero attached hydrogens (tertiary/aromatic N) is 3. The van der Waals surface area contributed by atoms with Crippen LogP contribution in [-0.2, 0) is 9.59 Å². The first-order valence-electron chi connectivity index (χ1n) is 13.0. The lowest BCUT2D eigenvalue weighted by Crippen LogP contribution is -2.42. The molecule has 1 N–H and O–H groups in total. The Hall–Kier alpha value is -3.84. The zero-order chi connectivity index (χ0) is 26.6. The lowest BCUT2D eigenvalue weighted by atomic mass is 9.96. The van der Waals surface area contributed by atoms with Crippen LogP contribution in [0.2, 0.25) is 0 Å². The molecule has 1 aliphatic rings. The molecule has 0 unspecified atom stereocenters. The zero-order valence-corrected chi connectivity index (χ0v) is 22.8. The molecule has 0 radical (unpaired) electrons. The number of rotatable bonds is 7. The fraction of sp³-hybridized carbons (Fsp3) is 0.258. The number of thioether (sulfide) groups is 1. The quantitative estimate of drug-likeness (QED) is 0.329. The van der Waals surface area contributed by atoms with Crippen molar-refractivity contribution in [2.24, 2.45) is 0 Å². The van der Waals surface area contributed by atoms with E-state index >= 15 is 0 Å². The van der Waals surface area contributed by atoms with E-state index in [1.165, 1.54) is 0 Å². The highest BCUT2D eigenvalue weighted by Gasteiger charge is 2.38. The van der Waals surface area contributed by atoms with E-state index in [0.29, 0.717) is 12.4 Å². The van der Waals surface area contributed by atoms with E-state index in [-0.39, 0.29) is 29.4 Å². The Bertz CT molecular complexity index is 1460. The van der Waals surface area contributed by atoms with E-state index < -0.39 is 0 Å². The molecule has 2 heterocycles. The van der Waals surface area contributed by atoms with Crippen molar-refractivity contribution in [2.75, 3.05) is 23.7 Å². The first-order valence-corrected chi connectivity index (χ1v) is 14.0. The summed E-state index contributed by atoms with van der Waals surface area (Å²) in [7, 11) is 0. The zero-order valence-electron chi connectivity index (χ0n) is 22.0. The van der Waals surface area contributed by atoms with E-state index in [0.717, 1.165) is 45.6 Å². The van der Waals surface area contributed by atoms with Gasteiger partial charge in [-0.1, -0.05) is 79.7 Å². The monoisotopic (exact) mass is 524 g/mol. The fourth-order valence-corrected chi connectivity index (χ4v) is 6.18. The van der Waals surface area contributed by atoms with Crippen LogP contribution < -0.4 is 10.2 Å². The van der Waals surface area contributed by atoms with Gasteiger partial charge in [0.05, 0.1) is 22.4 Å². The number of aromatic nitrogens is 2. The number of anilines is 1. The van der Waals surface area contributed by atoms with Gasteiger partial charge in [0.2, 0.25) is 11.8 Å². The lowest BCUT2D eigenvalue weighted by molar-refractivity contribution is -0.122. The van der Waals surface area contributed by atoms with Gasteiger partial charge in [0.15, 0.2) is 0 Å². The maximum atomic E-state index is 13.7. The van der Waals surface area contributed by atoms with Crippen molar-refractivity contribution in [1.29, 1.82) is 0 Å². The van der Waals surface area contributed by atoms with Crippen LogP contribution in [0.1, 0.15) is 40.8 Å².